The minimum absolute atomic E-state index is 0.00956. The number of halogens is 1. The molecule has 2 atom stereocenters. The first-order valence-electron chi connectivity index (χ1n) is 8.72. The zero-order chi connectivity index (χ0) is 19.0. The van der Waals surface area contributed by atoms with Crippen molar-refractivity contribution in [1.29, 1.82) is 5.26 Å². The normalized spacial score (nSPS) is 22.1. The molecule has 1 aliphatic heterocycles. The molecular formula is C22H17BrN2O2. The van der Waals surface area contributed by atoms with Gasteiger partial charge in [0.2, 0.25) is 5.88 Å². The summed E-state index contributed by atoms with van der Waals surface area (Å²) in [5, 5.41) is 9.66. The third kappa shape index (κ3) is 3.17. The fraction of sp³-hybridized carbons (Fsp3) is 0.182. The first kappa shape index (κ1) is 17.6. The van der Waals surface area contributed by atoms with Gasteiger partial charge in [0, 0.05) is 22.9 Å². The molecule has 2 aromatic rings. The summed E-state index contributed by atoms with van der Waals surface area (Å²) in [7, 11) is 0. The molecular weight excluding hydrogens is 404 g/mol. The summed E-state index contributed by atoms with van der Waals surface area (Å²) in [6, 6.07) is 19.7. The smallest absolute Gasteiger partial charge is 0.205 e. The van der Waals surface area contributed by atoms with Crippen LogP contribution in [-0.4, -0.2) is 5.78 Å². The molecule has 5 heteroatoms. The Hall–Kier alpha value is -2.84. The quantitative estimate of drug-likeness (QED) is 0.766. The predicted octanol–water partition coefficient (Wildman–Crippen LogP) is 4.66. The van der Waals surface area contributed by atoms with E-state index in [-0.39, 0.29) is 17.6 Å². The van der Waals surface area contributed by atoms with E-state index in [1.165, 1.54) is 0 Å². The van der Waals surface area contributed by atoms with Crippen molar-refractivity contribution in [3.63, 3.8) is 0 Å². The number of carbonyl (C=O) groups excluding carboxylic acids is 1. The van der Waals surface area contributed by atoms with Gasteiger partial charge in [-0.1, -0.05) is 58.4 Å². The average Bonchev–Trinajstić information content (AvgIpc) is 2.67. The number of hydrogen-bond acceptors (Lipinski definition) is 4. The number of nitrogens with zero attached hydrogens (tertiary/aromatic N) is 1. The molecule has 0 aromatic heterocycles. The molecule has 1 heterocycles. The Morgan fingerprint density at radius 2 is 1.81 bits per heavy atom. The van der Waals surface area contributed by atoms with Crippen LogP contribution in [0, 0.1) is 11.3 Å². The summed E-state index contributed by atoms with van der Waals surface area (Å²) in [4.78, 5) is 13.1. The molecule has 134 valence electrons. The van der Waals surface area contributed by atoms with E-state index in [0.29, 0.717) is 29.7 Å². The summed E-state index contributed by atoms with van der Waals surface area (Å²) < 4.78 is 6.66. The number of rotatable bonds is 2. The second-order valence-corrected chi connectivity index (χ2v) is 7.67. The van der Waals surface area contributed by atoms with Gasteiger partial charge in [0.15, 0.2) is 5.78 Å². The molecule has 0 saturated carbocycles. The maximum atomic E-state index is 13.1. The summed E-state index contributed by atoms with van der Waals surface area (Å²) in [5.74, 6) is 0.247. The van der Waals surface area contributed by atoms with Gasteiger partial charge in [-0.2, -0.15) is 5.26 Å². The molecule has 0 fully saturated rings. The molecule has 0 amide bonds. The van der Waals surface area contributed by atoms with E-state index in [1.807, 2.05) is 54.6 Å². The molecule has 4 rings (SSSR count). The van der Waals surface area contributed by atoms with Gasteiger partial charge in [-0.3, -0.25) is 4.79 Å². The second-order valence-electron chi connectivity index (χ2n) is 6.76. The van der Waals surface area contributed by atoms with E-state index < -0.39 is 5.92 Å². The lowest BCUT2D eigenvalue weighted by molar-refractivity contribution is -0.117. The van der Waals surface area contributed by atoms with Crippen LogP contribution in [0.4, 0.5) is 0 Å². The number of Topliss-reactive ketones (excluding diaryl/α,β-unsaturated/α-hetero) is 1. The van der Waals surface area contributed by atoms with Crippen LogP contribution in [0.25, 0.3) is 0 Å². The highest BCUT2D eigenvalue weighted by Gasteiger charge is 2.40. The molecule has 2 aromatic carbocycles. The van der Waals surface area contributed by atoms with Gasteiger partial charge in [-0.15, -0.1) is 0 Å². The van der Waals surface area contributed by atoms with Crippen LogP contribution in [0.1, 0.15) is 35.8 Å². The van der Waals surface area contributed by atoms with Crippen molar-refractivity contribution in [2.45, 2.75) is 24.7 Å². The molecule has 0 unspecified atom stereocenters. The van der Waals surface area contributed by atoms with Crippen LogP contribution in [0.15, 0.2) is 81.9 Å². The number of hydrogen-bond donors (Lipinski definition) is 1. The van der Waals surface area contributed by atoms with Gasteiger partial charge in [0.1, 0.15) is 17.4 Å². The fourth-order valence-electron chi connectivity index (χ4n) is 3.89. The Balaban J connectivity index is 1.80. The van der Waals surface area contributed by atoms with E-state index in [9.17, 15) is 10.1 Å². The molecule has 0 bridgehead atoms. The molecule has 0 spiro atoms. The van der Waals surface area contributed by atoms with Gasteiger partial charge in [-0.25, -0.2) is 0 Å². The van der Waals surface area contributed by atoms with Crippen molar-refractivity contribution in [3.05, 3.63) is 93.0 Å². The maximum absolute atomic E-state index is 13.1. The van der Waals surface area contributed by atoms with Crippen LogP contribution in [0.3, 0.4) is 0 Å². The number of benzene rings is 2. The predicted molar refractivity (Wildman–Crippen MR) is 105 cm³/mol. The van der Waals surface area contributed by atoms with E-state index in [2.05, 4.69) is 22.0 Å². The van der Waals surface area contributed by atoms with Crippen molar-refractivity contribution < 1.29 is 9.53 Å². The average molecular weight is 421 g/mol. The van der Waals surface area contributed by atoms with Crippen LogP contribution >= 0.6 is 15.9 Å². The first-order valence-corrected chi connectivity index (χ1v) is 9.52. The van der Waals surface area contributed by atoms with Gasteiger partial charge < -0.3 is 10.5 Å². The molecule has 27 heavy (non-hydrogen) atoms. The lowest BCUT2D eigenvalue weighted by Gasteiger charge is -2.34. The topological polar surface area (TPSA) is 76.1 Å². The Kier molecular flexibility index (Phi) is 4.59. The third-order valence-corrected chi connectivity index (χ3v) is 5.61. The van der Waals surface area contributed by atoms with Crippen molar-refractivity contribution in [2.75, 3.05) is 0 Å². The lowest BCUT2D eigenvalue weighted by Crippen LogP contribution is -2.29. The zero-order valence-corrected chi connectivity index (χ0v) is 16.1. The zero-order valence-electron chi connectivity index (χ0n) is 14.5. The summed E-state index contributed by atoms with van der Waals surface area (Å²) >= 11 is 3.47. The fourth-order valence-corrected chi connectivity index (χ4v) is 4.31. The number of nitriles is 1. The van der Waals surface area contributed by atoms with Crippen LogP contribution in [0.2, 0.25) is 0 Å². The van der Waals surface area contributed by atoms with Gasteiger partial charge in [0.05, 0.1) is 5.92 Å². The van der Waals surface area contributed by atoms with Crippen molar-refractivity contribution in [1.82, 2.24) is 0 Å². The second kappa shape index (κ2) is 7.05. The van der Waals surface area contributed by atoms with Crippen molar-refractivity contribution >= 4 is 21.7 Å². The molecule has 2 aliphatic rings. The highest BCUT2D eigenvalue weighted by Crippen LogP contribution is 2.46. The number of allylic oxidation sites excluding steroid dienone is 3. The number of ketones is 1. The highest BCUT2D eigenvalue weighted by atomic mass is 79.9. The molecule has 1 aliphatic carbocycles. The third-order valence-electron chi connectivity index (χ3n) is 5.11. The van der Waals surface area contributed by atoms with E-state index in [0.717, 1.165) is 15.6 Å². The summed E-state index contributed by atoms with van der Waals surface area (Å²) in [6.45, 7) is 0. The SMILES string of the molecule is N#CC1=C(N)OC2=C(C(=O)C[C@@H](c3ccccc3)C2)[C@@H]1c1cccc(Br)c1. The molecule has 2 N–H and O–H groups in total. The highest BCUT2D eigenvalue weighted by molar-refractivity contribution is 9.10. The minimum atomic E-state index is -0.486. The Morgan fingerprint density at radius 3 is 2.52 bits per heavy atom. The van der Waals surface area contributed by atoms with Crippen molar-refractivity contribution in [2.24, 2.45) is 5.73 Å². The standard InChI is InChI=1S/C22H17BrN2O2/c23-16-8-4-7-14(9-16)20-17(12-24)22(25)27-19-11-15(10-18(26)21(19)20)13-5-2-1-3-6-13/h1-9,15,20H,10-11,25H2/t15-,20-/m1/s1. The number of ether oxygens (including phenoxy) is 1. The maximum Gasteiger partial charge on any atom is 0.205 e. The van der Waals surface area contributed by atoms with Gasteiger partial charge >= 0.3 is 0 Å². The number of carbonyl (C=O) groups is 1. The number of nitrogens with two attached hydrogens (primary N) is 1. The van der Waals surface area contributed by atoms with E-state index in [1.54, 1.807) is 0 Å². The molecule has 4 nitrogen and oxygen atoms in total. The molecule has 0 saturated heterocycles. The largest absolute Gasteiger partial charge is 0.444 e. The van der Waals surface area contributed by atoms with Crippen LogP contribution in [-0.2, 0) is 9.53 Å². The van der Waals surface area contributed by atoms with Crippen molar-refractivity contribution in [3.8, 4) is 6.07 Å². The Bertz CT molecular complexity index is 1020. The summed E-state index contributed by atoms with van der Waals surface area (Å²) in [5.41, 5.74) is 8.88. The Morgan fingerprint density at radius 1 is 1.07 bits per heavy atom. The van der Waals surface area contributed by atoms with Crippen LogP contribution < -0.4 is 5.73 Å². The lowest BCUT2D eigenvalue weighted by atomic mass is 9.73. The first-order chi connectivity index (χ1) is 13.1. The Labute approximate surface area is 166 Å². The minimum Gasteiger partial charge on any atom is -0.444 e. The van der Waals surface area contributed by atoms with E-state index in [4.69, 9.17) is 10.5 Å². The summed E-state index contributed by atoms with van der Waals surface area (Å²) in [6.07, 6.45) is 0.990. The molecule has 0 radical (unpaired) electrons. The van der Waals surface area contributed by atoms with E-state index >= 15 is 0 Å². The van der Waals surface area contributed by atoms with Gasteiger partial charge in [-0.05, 0) is 29.2 Å². The van der Waals surface area contributed by atoms with Gasteiger partial charge in [0.25, 0.3) is 0 Å². The van der Waals surface area contributed by atoms with Crippen LogP contribution in [0.5, 0.6) is 0 Å². The monoisotopic (exact) mass is 420 g/mol.